The van der Waals surface area contributed by atoms with Crippen molar-refractivity contribution in [2.75, 3.05) is 0 Å². The summed E-state index contributed by atoms with van der Waals surface area (Å²) in [5, 5.41) is 0.638. The molecular weight excluding hydrogens is 251 g/mol. The van der Waals surface area contributed by atoms with E-state index in [1.807, 2.05) is 25.1 Å². The fourth-order valence-corrected chi connectivity index (χ4v) is 2.01. The molecule has 0 saturated carbocycles. The van der Waals surface area contributed by atoms with Crippen LogP contribution >= 0.6 is 11.6 Å². The highest BCUT2D eigenvalue weighted by Gasteiger charge is 2.16. The van der Waals surface area contributed by atoms with Gasteiger partial charge in [0.2, 0.25) is 0 Å². The Kier molecular flexibility index (Phi) is 3.97. The molecule has 0 bridgehead atoms. The molecule has 0 fully saturated rings. The van der Waals surface area contributed by atoms with Crippen molar-refractivity contribution in [2.24, 2.45) is 5.84 Å². The molecular formula is C14H14ClFN2. The Morgan fingerprint density at radius 2 is 1.83 bits per heavy atom. The predicted molar refractivity (Wildman–Crippen MR) is 71.8 cm³/mol. The lowest BCUT2D eigenvalue weighted by Gasteiger charge is -2.18. The van der Waals surface area contributed by atoms with Crippen LogP contribution in [0.15, 0.2) is 42.5 Å². The van der Waals surface area contributed by atoms with Crippen LogP contribution in [-0.2, 0) is 0 Å². The summed E-state index contributed by atoms with van der Waals surface area (Å²) in [4.78, 5) is 0. The fourth-order valence-electron chi connectivity index (χ4n) is 1.89. The van der Waals surface area contributed by atoms with Gasteiger partial charge in [-0.25, -0.2) is 9.82 Å². The van der Waals surface area contributed by atoms with E-state index in [4.69, 9.17) is 17.4 Å². The number of halogens is 2. The average Bonchev–Trinajstić information content (AvgIpc) is 2.35. The zero-order valence-electron chi connectivity index (χ0n) is 9.95. The minimum atomic E-state index is -0.386. The molecule has 2 nitrogen and oxygen atoms in total. The van der Waals surface area contributed by atoms with Gasteiger partial charge in [-0.05, 0) is 36.2 Å². The Morgan fingerprint density at radius 3 is 2.39 bits per heavy atom. The molecule has 0 aliphatic carbocycles. The lowest BCUT2D eigenvalue weighted by molar-refractivity contribution is 0.559. The van der Waals surface area contributed by atoms with Crippen LogP contribution in [0.4, 0.5) is 4.39 Å². The smallest absolute Gasteiger partial charge is 0.128 e. The lowest BCUT2D eigenvalue weighted by Crippen LogP contribution is -2.29. The van der Waals surface area contributed by atoms with E-state index < -0.39 is 0 Å². The summed E-state index contributed by atoms with van der Waals surface area (Å²) >= 11 is 5.83. The molecule has 2 rings (SSSR count). The number of aryl methyl sites for hydroxylation is 1. The molecule has 94 valence electrons. The average molecular weight is 265 g/mol. The molecule has 0 heterocycles. The summed E-state index contributed by atoms with van der Waals surface area (Å²) in [6.45, 7) is 1.85. The first-order valence-corrected chi connectivity index (χ1v) is 5.97. The molecule has 0 spiro atoms. The van der Waals surface area contributed by atoms with Gasteiger partial charge in [0.05, 0.1) is 6.04 Å². The van der Waals surface area contributed by atoms with Gasteiger partial charge in [0, 0.05) is 10.6 Å². The monoisotopic (exact) mass is 264 g/mol. The summed E-state index contributed by atoms with van der Waals surface area (Å²) in [6.07, 6.45) is 0. The highest BCUT2D eigenvalue weighted by molar-refractivity contribution is 6.30. The van der Waals surface area contributed by atoms with Gasteiger partial charge in [0.1, 0.15) is 5.82 Å². The number of hydrogen-bond acceptors (Lipinski definition) is 2. The first-order valence-electron chi connectivity index (χ1n) is 5.59. The largest absolute Gasteiger partial charge is 0.271 e. The molecule has 0 aromatic heterocycles. The number of nitrogens with one attached hydrogen (secondary N) is 1. The summed E-state index contributed by atoms with van der Waals surface area (Å²) in [6, 6.07) is 11.9. The molecule has 0 radical (unpaired) electrons. The topological polar surface area (TPSA) is 38.0 Å². The molecule has 2 aromatic rings. The quantitative estimate of drug-likeness (QED) is 0.659. The molecule has 4 heteroatoms. The Balaban J connectivity index is 2.41. The highest BCUT2D eigenvalue weighted by Crippen LogP contribution is 2.25. The van der Waals surface area contributed by atoms with Crippen molar-refractivity contribution in [2.45, 2.75) is 13.0 Å². The Hall–Kier alpha value is -1.42. The normalized spacial score (nSPS) is 12.4. The Bertz CT molecular complexity index is 540. The van der Waals surface area contributed by atoms with Crippen LogP contribution < -0.4 is 11.3 Å². The van der Waals surface area contributed by atoms with E-state index in [0.29, 0.717) is 10.6 Å². The minimum Gasteiger partial charge on any atom is -0.271 e. The summed E-state index contributed by atoms with van der Waals surface area (Å²) in [7, 11) is 0. The van der Waals surface area contributed by atoms with Crippen molar-refractivity contribution in [3.8, 4) is 0 Å². The molecule has 0 aliphatic heterocycles. The van der Waals surface area contributed by atoms with Crippen LogP contribution in [0, 0.1) is 12.7 Å². The second-order valence-corrected chi connectivity index (χ2v) is 4.61. The number of nitrogens with two attached hydrogens (primary N) is 1. The maximum Gasteiger partial charge on any atom is 0.128 e. The van der Waals surface area contributed by atoms with Crippen LogP contribution in [0.3, 0.4) is 0 Å². The van der Waals surface area contributed by atoms with Gasteiger partial charge in [-0.1, -0.05) is 35.9 Å². The van der Waals surface area contributed by atoms with Crippen LogP contribution in [0.25, 0.3) is 0 Å². The third-order valence-electron chi connectivity index (χ3n) is 2.84. The van der Waals surface area contributed by atoms with E-state index in [2.05, 4.69) is 5.43 Å². The molecule has 1 unspecified atom stereocenters. The maximum atomic E-state index is 13.9. The second-order valence-electron chi connectivity index (χ2n) is 4.18. The van der Waals surface area contributed by atoms with Gasteiger partial charge in [0.15, 0.2) is 0 Å². The number of benzene rings is 2. The molecule has 3 N–H and O–H groups in total. The Labute approximate surface area is 111 Å². The van der Waals surface area contributed by atoms with Crippen molar-refractivity contribution >= 4 is 11.6 Å². The van der Waals surface area contributed by atoms with Gasteiger partial charge < -0.3 is 0 Å². The lowest BCUT2D eigenvalue weighted by atomic mass is 9.98. The summed E-state index contributed by atoms with van der Waals surface area (Å²) < 4.78 is 13.9. The molecule has 0 saturated heterocycles. The molecule has 1 atom stereocenters. The van der Waals surface area contributed by atoms with E-state index in [1.165, 1.54) is 6.07 Å². The van der Waals surface area contributed by atoms with E-state index >= 15 is 0 Å². The first-order chi connectivity index (χ1) is 8.61. The van der Waals surface area contributed by atoms with Gasteiger partial charge in [-0.2, -0.15) is 0 Å². The molecule has 18 heavy (non-hydrogen) atoms. The summed E-state index contributed by atoms with van der Waals surface area (Å²) in [5.74, 6) is 5.26. The van der Waals surface area contributed by atoms with E-state index in [0.717, 1.165) is 11.1 Å². The third kappa shape index (κ3) is 2.70. The SMILES string of the molecule is Cc1ccc(C(NN)c2ccc(Cl)cc2)c(F)c1. The van der Waals surface area contributed by atoms with Crippen LogP contribution in [-0.4, -0.2) is 0 Å². The Morgan fingerprint density at radius 1 is 1.17 bits per heavy atom. The maximum absolute atomic E-state index is 13.9. The first kappa shape index (κ1) is 13.0. The third-order valence-corrected chi connectivity index (χ3v) is 3.09. The van der Waals surface area contributed by atoms with Crippen molar-refractivity contribution < 1.29 is 4.39 Å². The molecule has 0 aliphatic rings. The second kappa shape index (κ2) is 5.48. The fraction of sp³-hybridized carbons (Fsp3) is 0.143. The van der Waals surface area contributed by atoms with Crippen molar-refractivity contribution in [1.82, 2.24) is 5.43 Å². The van der Waals surface area contributed by atoms with Gasteiger partial charge in [-0.15, -0.1) is 0 Å². The number of hydrogen-bond donors (Lipinski definition) is 2. The van der Waals surface area contributed by atoms with Crippen molar-refractivity contribution in [3.63, 3.8) is 0 Å². The van der Waals surface area contributed by atoms with E-state index in [9.17, 15) is 4.39 Å². The minimum absolute atomic E-state index is 0.270. The number of rotatable bonds is 3. The van der Waals surface area contributed by atoms with E-state index in [-0.39, 0.29) is 11.9 Å². The van der Waals surface area contributed by atoms with Crippen molar-refractivity contribution in [1.29, 1.82) is 0 Å². The zero-order valence-corrected chi connectivity index (χ0v) is 10.7. The summed E-state index contributed by atoms with van der Waals surface area (Å²) in [5.41, 5.74) is 4.89. The van der Waals surface area contributed by atoms with E-state index in [1.54, 1.807) is 18.2 Å². The number of hydrazine groups is 1. The van der Waals surface area contributed by atoms with Gasteiger partial charge in [-0.3, -0.25) is 5.84 Å². The van der Waals surface area contributed by atoms with Crippen LogP contribution in [0.1, 0.15) is 22.7 Å². The highest BCUT2D eigenvalue weighted by atomic mass is 35.5. The van der Waals surface area contributed by atoms with Gasteiger partial charge >= 0.3 is 0 Å². The van der Waals surface area contributed by atoms with Gasteiger partial charge in [0.25, 0.3) is 0 Å². The molecule has 2 aromatic carbocycles. The zero-order chi connectivity index (χ0) is 13.1. The standard InChI is InChI=1S/C14H14ClFN2/c1-9-2-7-12(13(16)8-9)14(18-17)10-3-5-11(15)6-4-10/h2-8,14,18H,17H2,1H3. The van der Waals surface area contributed by atoms with Crippen molar-refractivity contribution in [3.05, 3.63) is 70.0 Å². The molecule has 0 amide bonds. The van der Waals surface area contributed by atoms with Crippen LogP contribution in [0.2, 0.25) is 5.02 Å². The predicted octanol–water partition coefficient (Wildman–Crippen LogP) is 3.34. The van der Waals surface area contributed by atoms with Crippen LogP contribution in [0.5, 0.6) is 0 Å².